The Hall–Kier alpha value is -0.870. The van der Waals surface area contributed by atoms with E-state index in [4.69, 9.17) is 10.2 Å². The van der Waals surface area contributed by atoms with Crippen LogP contribution in [0.4, 0.5) is 0 Å². The van der Waals surface area contributed by atoms with Gasteiger partial charge in [0, 0.05) is 12.7 Å². The molecule has 1 atom stereocenters. The third-order valence-corrected chi connectivity index (χ3v) is 3.86. The summed E-state index contributed by atoms with van der Waals surface area (Å²) in [6.07, 6.45) is 16.4. The maximum absolute atomic E-state index is 10.3. The van der Waals surface area contributed by atoms with Crippen LogP contribution in [0.2, 0.25) is 0 Å². The molecule has 0 aromatic heterocycles. The summed E-state index contributed by atoms with van der Waals surface area (Å²) >= 11 is 0. The monoisotopic (exact) mass is 314 g/mol. The van der Waals surface area contributed by atoms with E-state index in [1.54, 1.807) is 6.08 Å². The van der Waals surface area contributed by atoms with Crippen LogP contribution in [-0.4, -0.2) is 34.0 Å². The van der Waals surface area contributed by atoms with Crippen molar-refractivity contribution in [1.82, 2.24) is 0 Å². The highest BCUT2D eigenvalue weighted by Gasteiger charge is 2.03. The number of hydrogen-bond donors (Lipinski definition) is 3. The molecule has 0 saturated carbocycles. The van der Waals surface area contributed by atoms with Crippen molar-refractivity contribution in [3.05, 3.63) is 12.2 Å². The molecular weight excluding hydrogens is 280 g/mol. The summed E-state index contributed by atoms with van der Waals surface area (Å²) in [7, 11) is 0. The molecule has 22 heavy (non-hydrogen) atoms. The van der Waals surface area contributed by atoms with Crippen molar-refractivity contribution >= 4 is 5.97 Å². The van der Waals surface area contributed by atoms with Gasteiger partial charge in [-0.15, -0.1) is 0 Å². The molecule has 0 heterocycles. The number of allylic oxidation sites excluding steroid dienone is 1. The van der Waals surface area contributed by atoms with Gasteiger partial charge >= 0.3 is 5.97 Å². The van der Waals surface area contributed by atoms with Gasteiger partial charge < -0.3 is 15.3 Å². The van der Waals surface area contributed by atoms with E-state index >= 15 is 0 Å². The highest BCUT2D eigenvalue weighted by Crippen LogP contribution is 2.13. The maximum atomic E-state index is 10.3. The zero-order chi connectivity index (χ0) is 16.5. The topological polar surface area (TPSA) is 77.8 Å². The Labute approximate surface area is 135 Å². The van der Waals surface area contributed by atoms with Gasteiger partial charge in [-0.1, -0.05) is 57.4 Å². The Bertz CT molecular complexity index is 276. The van der Waals surface area contributed by atoms with E-state index in [1.165, 1.54) is 6.08 Å². The lowest BCUT2D eigenvalue weighted by molar-refractivity contribution is -0.131. The number of aliphatic carboxylic acids is 1. The summed E-state index contributed by atoms with van der Waals surface area (Å²) in [5, 5.41) is 27.0. The predicted octanol–water partition coefficient (Wildman–Crippen LogP) is 4.05. The number of aliphatic hydroxyl groups is 2. The standard InChI is InChI=1S/C18H34O4/c19-16-12-8-4-6-10-14-17(20)13-9-5-2-1-3-7-11-15-18(21)22/h11,15,17,19-20H,1-10,12-14,16H2,(H,21,22). The third-order valence-electron chi connectivity index (χ3n) is 3.86. The molecule has 0 aliphatic heterocycles. The van der Waals surface area contributed by atoms with Gasteiger partial charge in [-0.3, -0.25) is 0 Å². The van der Waals surface area contributed by atoms with Crippen LogP contribution in [0.5, 0.6) is 0 Å². The SMILES string of the molecule is O=C(O)C=CCCCCCCCC(O)CCCCCCCO. The number of carboxylic acids is 1. The fraction of sp³-hybridized carbons (Fsp3) is 0.833. The minimum atomic E-state index is -0.873. The van der Waals surface area contributed by atoms with Crippen molar-refractivity contribution in [2.24, 2.45) is 0 Å². The minimum Gasteiger partial charge on any atom is -0.478 e. The first-order chi connectivity index (χ1) is 10.7. The van der Waals surface area contributed by atoms with Crippen LogP contribution in [-0.2, 0) is 4.79 Å². The van der Waals surface area contributed by atoms with Crippen LogP contribution in [0.15, 0.2) is 12.2 Å². The summed E-state index contributed by atoms with van der Waals surface area (Å²) in [6, 6.07) is 0. The molecule has 0 aromatic carbocycles. The van der Waals surface area contributed by atoms with Gasteiger partial charge in [0.1, 0.15) is 0 Å². The normalized spacial score (nSPS) is 12.8. The van der Waals surface area contributed by atoms with Crippen LogP contribution >= 0.6 is 0 Å². The third kappa shape index (κ3) is 17.2. The molecule has 0 fully saturated rings. The average Bonchev–Trinajstić information content (AvgIpc) is 2.48. The van der Waals surface area contributed by atoms with Crippen LogP contribution in [0.25, 0.3) is 0 Å². The van der Waals surface area contributed by atoms with Gasteiger partial charge in [-0.25, -0.2) is 4.79 Å². The molecule has 0 bridgehead atoms. The summed E-state index contributed by atoms with van der Waals surface area (Å²) in [4.78, 5) is 10.3. The van der Waals surface area contributed by atoms with Gasteiger partial charge in [-0.05, 0) is 32.1 Å². The second-order valence-electron chi connectivity index (χ2n) is 6.02. The first kappa shape index (κ1) is 21.1. The molecule has 0 rings (SSSR count). The fourth-order valence-corrected chi connectivity index (χ4v) is 2.52. The second kappa shape index (κ2) is 16.5. The lowest BCUT2D eigenvalue weighted by Crippen LogP contribution is -2.05. The molecule has 0 spiro atoms. The lowest BCUT2D eigenvalue weighted by atomic mass is 10.0. The van der Waals surface area contributed by atoms with Gasteiger partial charge in [0.25, 0.3) is 0 Å². The van der Waals surface area contributed by atoms with Gasteiger partial charge in [0.05, 0.1) is 6.10 Å². The van der Waals surface area contributed by atoms with Gasteiger partial charge in [0.2, 0.25) is 0 Å². The molecule has 0 aliphatic rings. The summed E-state index contributed by atoms with van der Waals surface area (Å²) in [5.41, 5.74) is 0. The summed E-state index contributed by atoms with van der Waals surface area (Å²) in [6.45, 7) is 0.290. The van der Waals surface area contributed by atoms with E-state index in [-0.39, 0.29) is 6.10 Å². The van der Waals surface area contributed by atoms with E-state index in [2.05, 4.69) is 0 Å². The number of hydrogen-bond acceptors (Lipinski definition) is 3. The smallest absolute Gasteiger partial charge is 0.327 e. The molecule has 0 saturated heterocycles. The van der Waals surface area contributed by atoms with Crippen molar-refractivity contribution < 1.29 is 20.1 Å². The first-order valence-electron chi connectivity index (χ1n) is 8.85. The van der Waals surface area contributed by atoms with Crippen LogP contribution < -0.4 is 0 Å². The molecule has 0 radical (unpaired) electrons. The molecule has 0 aromatic rings. The zero-order valence-corrected chi connectivity index (χ0v) is 13.9. The van der Waals surface area contributed by atoms with E-state index in [9.17, 15) is 9.90 Å². The molecule has 130 valence electrons. The second-order valence-corrected chi connectivity index (χ2v) is 6.02. The fourth-order valence-electron chi connectivity index (χ4n) is 2.52. The quantitative estimate of drug-likeness (QED) is 0.297. The first-order valence-corrected chi connectivity index (χ1v) is 8.85. The number of unbranched alkanes of at least 4 members (excludes halogenated alkanes) is 9. The van der Waals surface area contributed by atoms with Crippen LogP contribution in [0.1, 0.15) is 83.5 Å². The number of carboxylic acid groups (broad SMARTS) is 1. The molecule has 0 aliphatic carbocycles. The predicted molar refractivity (Wildman–Crippen MR) is 89.9 cm³/mol. The Morgan fingerprint density at radius 2 is 1.32 bits per heavy atom. The lowest BCUT2D eigenvalue weighted by Gasteiger charge is -2.10. The molecule has 4 heteroatoms. The van der Waals surface area contributed by atoms with Crippen molar-refractivity contribution in [3.63, 3.8) is 0 Å². The van der Waals surface area contributed by atoms with Crippen molar-refractivity contribution in [1.29, 1.82) is 0 Å². The van der Waals surface area contributed by atoms with Gasteiger partial charge in [0.15, 0.2) is 0 Å². The Morgan fingerprint density at radius 1 is 0.818 bits per heavy atom. The number of rotatable bonds is 16. The Morgan fingerprint density at radius 3 is 1.86 bits per heavy atom. The molecular formula is C18H34O4. The summed E-state index contributed by atoms with van der Waals surface area (Å²) < 4.78 is 0. The Kier molecular flexibility index (Phi) is 15.8. The van der Waals surface area contributed by atoms with E-state index in [1.807, 2.05) is 0 Å². The van der Waals surface area contributed by atoms with Crippen molar-refractivity contribution in [2.75, 3.05) is 6.61 Å². The van der Waals surface area contributed by atoms with E-state index in [0.717, 1.165) is 83.5 Å². The highest BCUT2D eigenvalue weighted by molar-refractivity contribution is 5.79. The number of aliphatic hydroxyl groups excluding tert-OH is 2. The van der Waals surface area contributed by atoms with Crippen LogP contribution in [0, 0.1) is 0 Å². The van der Waals surface area contributed by atoms with Crippen molar-refractivity contribution in [3.8, 4) is 0 Å². The Balaban J connectivity index is 3.21. The molecule has 4 nitrogen and oxygen atoms in total. The number of carbonyl (C=O) groups is 1. The van der Waals surface area contributed by atoms with Gasteiger partial charge in [-0.2, -0.15) is 0 Å². The van der Waals surface area contributed by atoms with Crippen LogP contribution in [0.3, 0.4) is 0 Å². The maximum Gasteiger partial charge on any atom is 0.327 e. The van der Waals surface area contributed by atoms with Crippen molar-refractivity contribution in [2.45, 2.75) is 89.6 Å². The zero-order valence-electron chi connectivity index (χ0n) is 13.9. The largest absolute Gasteiger partial charge is 0.478 e. The minimum absolute atomic E-state index is 0.156. The molecule has 1 unspecified atom stereocenters. The van der Waals surface area contributed by atoms with E-state index < -0.39 is 5.97 Å². The molecule has 0 amide bonds. The summed E-state index contributed by atoms with van der Waals surface area (Å²) in [5.74, 6) is -0.873. The van der Waals surface area contributed by atoms with E-state index in [0.29, 0.717) is 6.61 Å². The molecule has 3 N–H and O–H groups in total. The highest BCUT2D eigenvalue weighted by atomic mass is 16.4. The average molecular weight is 314 g/mol.